The molecule has 28 heavy (non-hydrogen) atoms. The first kappa shape index (κ1) is 18.9. The molecule has 2 aliphatic heterocycles. The number of hydrogen-bond donors (Lipinski definition) is 0. The van der Waals surface area contributed by atoms with Crippen LogP contribution in [0.2, 0.25) is 0 Å². The SMILES string of the molecule is O=C(c1cn(C[C@@H]2CC(F)(F)CN2C(=O)c2cscn2)nn1)N1CCOCC1. The number of likely N-dealkylation sites (tertiary alicyclic amines) is 1. The van der Waals surface area contributed by atoms with Crippen LogP contribution >= 0.6 is 11.3 Å². The summed E-state index contributed by atoms with van der Waals surface area (Å²) in [7, 11) is 0. The van der Waals surface area contributed by atoms with E-state index in [0.29, 0.717) is 26.3 Å². The van der Waals surface area contributed by atoms with Gasteiger partial charge in [-0.25, -0.2) is 18.4 Å². The van der Waals surface area contributed by atoms with Gasteiger partial charge in [0.05, 0.1) is 44.1 Å². The van der Waals surface area contributed by atoms with Gasteiger partial charge in [-0.15, -0.1) is 16.4 Å². The van der Waals surface area contributed by atoms with E-state index in [2.05, 4.69) is 15.3 Å². The van der Waals surface area contributed by atoms with Gasteiger partial charge in [0.25, 0.3) is 17.7 Å². The van der Waals surface area contributed by atoms with Crippen LogP contribution in [0.25, 0.3) is 0 Å². The average Bonchev–Trinajstić information content (AvgIpc) is 3.42. The number of hydrogen-bond acceptors (Lipinski definition) is 7. The Balaban J connectivity index is 1.47. The number of nitrogens with zero attached hydrogens (tertiary/aromatic N) is 6. The first-order valence-electron chi connectivity index (χ1n) is 8.77. The van der Waals surface area contributed by atoms with Gasteiger partial charge in [-0.1, -0.05) is 5.21 Å². The summed E-state index contributed by atoms with van der Waals surface area (Å²) in [5, 5.41) is 9.29. The third kappa shape index (κ3) is 3.87. The van der Waals surface area contributed by atoms with Crippen molar-refractivity contribution in [2.24, 2.45) is 0 Å². The van der Waals surface area contributed by atoms with Gasteiger partial charge < -0.3 is 14.5 Å². The lowest BCUT2D eigenvalue weighted by atomic mass is 10.2. The molecule has 2 aromatic heterocycles. The van der Waals surface area contributed by atoms with Gasteiger partial charge in [0.1, 0.15) is 5.69 Å². The summed E-state index contributed by atoms with van der Waals surface area (Å²) in [6, 6.07) is -0.766. The largest absolute Gasteiger partial charge is 0.378 e. The minimum atomic E-state index is -2.98. The molecule has 9 nitrogen and oxygen atoms in total. The van der Waals surface area contributed by atoms with E-state index in [9.17, 15) is 18.4 Å². The third-order valence-corrected chi connectivity index (χ3v) is 5.33. The fourth-order valence-electron chi connectivity index (χ4n) is 3.39. The first-order chi connectivity index (χ1) is 13.4. The Bertz CT molecular complexity index is 852. The summed E-state index contributed by atoms with van der Waals surface area (Å²) in [6.45, 7) is 1.22. The van der Waals surface area contributed by atoms with E-state index in [1.165, 1.54) is 33.1 Å². The van der Waals surface area contributed by atoms with Gasteiger partial charge in [0.2, 0.25) is 0 Å². The van der Waals surface area contributed by atoms with Crippen molar-refractivity contribution >= 4 is 23.2 Å². The highest BCUT2D eigenvalue weighted by molar-refractivity contribution is 7.07. The number of rotatable bonds is 4. The van der Waals surface area contributed by atoms with Crippen molar-refractivity contribution in [1.29, 1.82) is 0 Å². The van der Waals surface area contributed by atoms with E-state index >= 15 is 0 Å². The second kappa shape index (κ2) is 7.51. The van der Waals surface area contributed by atoms with E-state index in [4.69, 9.17) is 4.74 Å². The van der Waals surface area contributed by atoms with Crippen LogP contribution in [0.1, 0.15) is 27.4 Å². The smallest absolute Gasteiger partial charge is 0.276 e. The Labute approximate surface area is 162 Å². The molecule has 2 aliphatic rings. The highest BCUT2D eigenvalue weighted by Gasteiger charge is 2.47. The Morgan fingerprint density at radius 1 is 1.25 bits per heavy atom. The van der Waals surface area contributed by atoms with Gasteiger partial charge >= 0.3 is 0 Å². The van der Waals surface area contributed by atoms with Crippen molar-refractivity contribution in [3.05, 3.63) is 28.5 Å². The van der Waals surface area contributed by atoms with E-state index < -0.39 is 30.8 Å². The molecule has 0 aliphatic carbocycles. The fourth-order valence-corrected chi connectivity index (χ4v) is 3.92. The minimum Gasteiger partial charge on any atom is -0.378 e. The van der Waals surface area contributed by atoms with Crippen LogP contribution in [0.3, 0.4) is 0 Å². The van der Waals surface area contributed by atoms with Gasteiger partial charge in [-0.05, 0) is 0 Å². The summed E-state index contributed by atoms with van der Waals surface area (Å²) >= 11 is 1.23. The molecule has 0 spiro atoms. The molecule has 2 fully saturated rings. The van der Waals surface area contributed by atoms with Crippen LogP contribution in [-0.2, 0) is 11.3 Å². The number of ether oxygens (including phenoxy) is 1. The zero-order valence-electron chi connectivity index (χ0n) is 14.8. The molecule has 0 unspecified atom stereocenters. The molecule has 1 atom stereocenters. The molecule has 4 rings (SSSR count). The fraction of sp³-hybridized carbons (Fsp3) is 0.562. The first-order valence-corrected chi connectivity index (χ1v) is 9.71. The van der Waals surface area contributed by atoms with Crippen molar-refractivity contribution < 1.29 is 23.1 Å². The zero-order valence-corrected chi connectivity index (χ0v) is 15.6. The monoisotopic (exact) mass is 412 g/mol. The summed E-state index contributed by atoms with van der Waals surface area (Å²) in [5.74, 6) is -3.79. The van der Waals surface area contributed by atoms with Crippen molar-refractivity contribution in [2.75, 3.05) is 32.8 Å². The lowest BCUT2D eigenvalue weighted by molar-refractivity contribution is 0.0117. The van der Waals surface area contributed by atoms with Crippen LogP contribution in [0, 0.1) is 0 Å². The van der Waals surface area contributed by atoms with Crippen molar-refractivity contribution in [1.82, 2.24) is 29.8 Å². The van der Waals surface area contributed by atoms with Gasteiger partial charge in [-0.2, -0.15) is 0 Å². The number of thiazole rings is 1. The molecule has 0 radical (unpaired) electrons. The number of morpholine rings is 1. The van der Waals surface area contributed by atoms with E-state index in [-0.39, 0.29) is 23.8 Å². The summed E-state index contributed by atoms with van der Waals surface area (Å²) in [4.78, 5) is 31.6. The number of halogens is 2. The van der Waals surface area contributed by atoms with Crippen LogP contribution in [-0.4, -0.2) is 86.4 Å². The average molecular weight is 412 g/mol. The van der Waals surface area contributed by atoms with Gasteiger partial charge in [-0.3, -0.25) is 9.59 Å². The molecule has 2 aromatic rings. The lowest BCUT2D eigenvalue weighted by Crippen LogP contribution is -2.40. The third-order valence-electron chi connectivity index (χ3n) is 4.74. The Morgan fingerprint density at radius 2 is 2.04 bits per heavy atom. The normalized spacial score (nSPS) is 21.9. The minimum absolute atomic E-state index is 0.0227. The summed E-state index contributed by atoms with van der Waals surface area (Å²) in [6.07, 6.45) is 0.954. The van der Waals surface area contributed by atoms with E-state index in [1.807, 2.05) is 0 Å². The molecular weight excluding hydrogens is 394 g/mol. The molecular formula is C16H18F2N6O3S. The maximum Gasteiger partial charge on any atom is 0.276 e. The Hall–Kier alpha value is -2.47. The Morgan fingerprint density at radius 3 is 2.75 bits per heavy atom. The van der Waals surface area contributed by atoms with E-state index in [0.717, 1.165) is 4.90 Å². The second-order valence-corrected chi connectivity index (χ2v) is 7.47. The van der Waals surface area contributed by atoms with Gasteiger partial charge in [0.15, 0.2) is 5.69 Å². The molecule has 0 N–H and O–H groups in total. The molecule has 2 saturated heterocycles. The molecule has 0 bridgehead atoms. The van der Waals surface area contributed by atoms with Gasteiger partial charge in [0, 0.05) is 24.9 Å². The van der Waals surface area contributed by atoms with Crippen molar-refractivity contribution in [3.8, 4) is 0 Å². The molecule has 0 aromatic carbocycles. The second-order valence-electron chi connectivity index (χ2n) is 6.75. The van der Waals surface area contributed by atoms with Crippen LogP contribution in [0.4, 0.5) is 8.78 Å². The van der Waals surface area contributed by atoms with Crippen LogP contribution < -0.4 is 0 Å². The molecule has 4 heterocycles. The number of aromatic nitrogens is 4. The number of amides is 2. The Kier molecular flexibility index (Phi) is 5.06. The molecule has 12 heteroatoms. The lowest BCUT2D eigenvalue weighted by Gasteiger charge is -2.25. The molecule has 2 amide bonds. The quantitative estimate of drug-likeness (QED) is 0.736. The van der Waals surface area contributed by atoms with E-state index in [1.54, 1.807) is 4.90 Å². The summed E-state index contributed by atoms with van der Waals surface area (Å²) in [5.41, 5.74) is 1.77. The summed E-state index contributed by atoms with van der Waals surface area (Å²) < 4.78 is 34.5. The van der Waals surface area contributed by atoms with Crippen LogP contribution in [0.15, 0.2) is 17.1 Å². The standard InChI is InChI=1S/C16H18F2N6O3S/c17-16(18)5-11(24(9-16)15(26)13-8-28-10-19-13)6-23-7-12(20-21-23)14(25)22-1-3-27-4-2-22/h7-8,10-11H,1-6,9H2/t11-/m0/s1. The maximum atomic E-state index is 14.0. The maximum absolute atomic E-state index is 14.0. The topological polar surface area (TPSA) is 93.5 Å². The molecule has 150 valence electrons. The zero-order chi connectivity index (χ0) is 19.7. The highest BCUT2D eigenvalue weighted by Crippen LogP contribution is 2.33. The number of alkyl halides is 2. The van der Waals surface area contributed by atoms with Crippen molar-refractivity contribution in [3.63, 3.8) is 0 Å². The number of carbonyl (C=O) groups is 2. The molecule has 0 saturated carbocycles. The highest BCUT2D eigenvalue weighted by atomic mass is 32.1. The predicted molar refractivity (Wildman–Crippen MR) is 93.2 cm³/mol. The van der Waals surface area contributed by atoms with Crippen LogP contribution in [0.5, 0.6) is 0 Å². The van der Waals surface area contributed by atoms with Crippen molar-refractivity contribution in [2.45, 2.75) is 24.9 Å². The predicted octanol–water partition coefficient (Wildman–Crippen LogP) is 0.757. The number of carbonyl (C=O) groups excluding carboxylic acids is 2.